The molecule has 1 saturated carbocycles. The summed E-state index contributed by atoms with van der Waals surface area (Å²) in [4.78, 5) is 24.8. The zero-order valence-electron chi connectivity index (χ0n) is 18.1. The second kappa shape index (κ2) is 9.18. The smallest absolute Gasteiger partial charge is 0.345 e. The zero-order valence-corrected chi connectivity index (χ0v) is 19.0. The van der Waals surface area contributed by atoms with Crippen LogP contribution >= 0.6 is 11.8 Å². The Hall–Kier alpha value is -2.74. The van der Waals surface area contributed by atoms with Crippen LogP contribution in [0.5, 0.6) is 0 Å². The van der Waals surface area contributed by atoms with Crippen molar-refractivity contribution >= 4 is 34.3 Å². The molecule has 1 aliphatic carbocycles. The summed E-state index contributed by atoms with van der Waals surface area (Å²) in [7, 11) is 1.30. The van der Waals surface area contributed by atoms with Crippen molar-refractivity contribution in [3.63, 3.8) is 0 Å². The quantitative estimate of drug-likeness (QED) is 0.239. The summed E-state index contributed by atoms with van der Waals surface area (Å²) in [6, 6.07) is 7.93. The van der Waals surface area contributed by atoms with Gasteiger partial charge in [0.2, 0.25) is 0 Å². The van der Waals surface area contributed by atoms with E-state index in [2.05, 4.69) is 21.5 Å². The summed E-state index contributed by atoms with van der Waals surface area (Å²) >= 11 is 1.44. The number of benzene rings is 1. The number of imidazole rings is 2. The molecule has 3 aromatic rings. The number of hydrogen-bond donors (Lipinski definition) is 2. The number of H-pyrrole nitrogens is 1. The van der Waals surface area contributed by atoms with Gasteiger partial charge in [0.1, 0.15) is 17.2 Å². The maximum Gasteiger partial charge on any atom is 0.345 e. The number of esters is 1. The number of aliphatic hydroxyl groups excluding tert-OH is 1. The molecule has 8 heteroatoms. The third-order valence-corrected chi connectivity index (χ3v) is 6.90. The molecule has 0 unspecified atom stereocenters. The van der Waals surface area contributed by atoms with E-state index in [9.17, 15) is 9.90 Å². The lowest BCUT2D eigenvalue weighted by Crippen LogP contribution is -2.15. The summed E-state index contributed by atoms with van der Waals surface area (Å²) in [5.74, 6) is -0.205. The highest BCUT2D eigenvalue weighted by molar-refractivity contribution is 7.99. The van der Waals surface area contributed by atoms with E-state index in [0.29, 0.717) is 11.9 Å². The van der Waals surface area contributed by atoms with Crippen LogP contribution in [0.1, 0.15) is 55.4 Å². The second-order valence-electron chi connectivity index (χ2n) is 7.93. The minimum absolute atomic E-state index is 0.0513. The molecule has 1 aromatic carbocycles. The van der Waals surface area contributed by atoms with Gasteiger partial charge < -0.3 is 19.4 Å². The number of rotatable bonds is 6. The number of aromatic amines is 1. The molecule has 0 aliphatic heterocycles. The molecule has 31 heavy (non-hydrogen) atoms. The third kappa shape index (κ3) is 4.35. The van der Waals surface area contributed by atoms with Crippen LogP contribution in [0.25, 0.3) is 16.6 Å². The van der Waals surface area contributed by atoms with Crippen LogP contribution in [0.4, 0.5) is 0 Å². The molecule has 0 saturated heterocycles. The van der Waals surface area contributed by atoms with Crippen molar-refractivity contribution < 1.29 is 14.6 Å². The van der Waals surface area contributed by atoms with Crippen molar-refractivity contribution in [2.24, 2.45) is 0 Å². The van der Waals surface area contributed by atoms with Crippen molar-refractivity contribution in [3.8, 4) is 0 Å². The van der Waals surface area contributed by atoms with E-state index in [1.165, 1.54) is 43.8 Å². The lowest BCUT2D eigenvalue weighted by atomic mass is 9.95. The monoisotopic (exact) mass is 440 g/mol. The van der Waals surface area contributed by atoms with Gasteiger partial charge in [-0.3, -0.25) is 0 Å². The van der Waals surface area contributed by atoms with Crippen LogP contribution in [0, 0.1) is 13.8 Å². The van der Waals surface area contributed by atoms with Gasteiger partial charge >= 0.3 is 5.97 Å². The largest absolute Gasteiger partial charge is 0.510 e. The SMILES string of the molecule is COC(=O)/C(=C(/O)CSc1nc(C)c(C)n1C1CCCCC1)c1nc2ccccc2[nH]1. The van der Waals surface area contributed by atoms with Crippen molar-refractivity contribution in [1.29, 1.82) is 0 Å². The number of carbonyl (C=O) groups excluding carboxylic acids is 1. The lowest BCUT2D eigenvalue weighted by Gasteiger charge is -2.26. The predicted octanol–water partition coefficient (Wildman–Crippen LogP) is 5.12. The number of ether oxygens (including phenoxy) is 1. The Bertz CT molecular complexity index is 1090. The highest BCUT2D eigenvalue weighted by atomic mass is 32.2. The van der Waals surface area contributed by atoms with E-state index in [1.54, 1.807) is 0 Å². The average Bonchev–Trinajstić information content (AvgIpc) is 3.33. The molecule has 0 atom stereocenters. The Labute approximate surface area is 185 Å². The maximum atomic E-state index is 12.5. The molecule has 0 radical (unpaired) electrons. The summed E-state index contributed by atoms with van der Waals surface area (Å²) < 4.78 is 7.24. The minimum Gasteiger partial charge on any atom is -0.510 e. The number of nitrogens with zero attached hydrogens (tertiary/aromatic N) is 3. The molecule has 0 amide bonds. The molecule has 1 aliphatic rings. The van der Waals surface area contributed by atoms with Gasteiger partial charge in [0.05, 0.1) is 29.6 Å². The number of aromatic nitrogens is 4. The molecule has 0 bridgehead atoms. The Morgan fingerprint density at radius 2 is 1.97 bits per heavy atom. The summed E-state index contributed by atoms with van der Waals surface area (Å²) in [5, 5.41) is 11.8. The molecule has 0 spiro atoms. The first kappa shape index (κ1) is 21.5. The molecule has 2 aromatic heterocycles. The molecule has 7 nitrogen and oxygen atoms in total. The van der Waals surface area contributed by atoms with Gasteiger partial charge in [-0.15, -0.1) is 0 Å². The molecule has 2 heterocycles. The first-order valence-corrected chi connectivity index (χ1v) is 11.6. The molecule has 2 N–H and O–H groups in total. The van der Waals surface area contributed by atoms with Gasteiger partial charge in [-0.25, -0.2) is 14.8 Å². The fourth-order valence-corrected chi connectivity index (χ4v) is 5.23. The van der Waals surface area contributed by atoms with E-state index in [4.69, 9.17) is 9.72 Å². The molecule has 4 rings (SSSR count). The highest BCUT2D eigenvalue weighted by Gasteiger charge is 2.25. The Balaban J connectivity index is 1.64. The van der Waals surface area contributed by atoms with E-state index < -0.39 is 5.97 Å². The number of aryl methyl sites for hydroxylation is 1. The van der Waals surface area contributed by atoms with Crippen LogP contribution in [-0.2, 0) is 9.53 Å². The number of carbonyl (C=O) groups is 1. The highest BCUT2D eigenvalue weighted by Crippen LogP contribution is 2.35. The van der Waals surface area contributed by atoms with E-state index in [1.807, 2.05) is 31.2 Å². The standard InChI is InChI=1S/C23H28N4O3S/c1-14-15(2)27(16-9-5-4-6-10-16)23(24-14)31-13-19(28)20(22(29)30-3)21-25-17-11-7-8-12-18(17)26-21/h7-8,11-12,16,28H,4-6,9-10,13H2,1-3H3,(H,25,26)/b20-19+. The Morgan fingerprint density at radius 3 is 2.68 bits per heavy atom. The first-order valence-electron chi connectivity index (χ1n) is 10.6. The number of methoxy groups -OCH3 is 1. The van der Waals surface area contributed by atoms with Crippen molar-refractivity contribution in [2.45, 2.75) is 57.1 Å². The predicted molar refractivity (Wildman–Crippen MR) is 122 cm³/mol. The summed E-state index contributed by atoms with van der Waals surface area (Å²) in [6.07, 6.45) is 6.05. The second-order valence-corrected chi connectivity index (χ2v) is 8.87. The van der Waals surface area contributed by atoms with Crippen molar-refractivity contribution in [2.75, 3.05) is 12.9 Å². The Kier molecular flexibility index (Phi) is 6.36. The maximum absolute atomic E-state index is 12.5. The van der Waals surface area contributed by atoms with Gasteiger partial charge in [0, 0.05) is 11.7 Å². The normalized spacial score (nSPS) is 15.8. The number of aliphatic hydroxyl groups is 1. The number of hydrogen-bond acceptors (Lipinski definition) is 6. The van der Waals surface area contributed by atoms with Crippen LogP contribution in [0.15, 0.2) is 35.2 Å². The molecular weight excluding hydrogens is 412 g/mol. The summed E-state index contributed by atoms with van der Waals surface area (Å²) in [6.45, 7) is 4.12. The third-order valence-electron chi connectivity index (χ3n) is 5.94. The van der Waals surface area contributed by atoms with Crippen LogP contribution in [-0.4, -0.2) is 43.5 Å². The van der Waals surface area contributed by atoms with Crippen LogP contribution in [0.3, 0.4) is 0 Å². The van der Waals surface area contributed by atoms with Gasteiger partial charge in [-0.2, -0.15) is 0 Å². The fraction of sp³-hybridized carbons (Fsp3) is 0.435. The van der Waals surface area contributed by atoms with Crippen molar-refractivity contribution in [3.05, 3.63) is 47.2 Å². The number of fused-ring (bicyclic) bond motifs is 1. The molecule has 1 fully saturated rings. The number of para-hydroxylation sites is 2. The van der Waals surface area contributed by atoms with Crippen molar-refractivity contribution in [1.82, 2.24) is 19.5 Å². The fourth-order valence-electron chi connectivity index (χ4n) is 4.20. The van der Waals surface area contributed by atoms with Crippen LogP contribution < -0.4 is 0 Å². The Morgan fingerprint density at radius 1 is 1.23 bits per heavy atom. The van der Waals surface area contributed by atoms with E-state index in [0.717, 1.165) is 34.7 Å². The molecular formula is C23H28N4O3S. The van der Waals surface area contributed by atoms with Crippen LogP contribution in [0.2, 0.25) is 0 Å². The van der Waals surface area contributed by atoms with Gasteiger partial charge in [0.15, 0.2) is 5.16 Å². The first-order chi connectivity index (χ1) is 15.0. The number of thioether (sulfide) groups is 1. The summed E-state index contributed by atoms with van der Waals surface area (Å²) in [5.41, 5.74) is 3.73. The lowest BCUT2D eigenvalue weighted by molar-refractivity contribution is -0.133. The van der Waals surface area contributed by atoms with Gasteiger partial charge in [-0.1, -0.05) is 43.2 Å². The molecule has 164 valence electrons. The van der Waals surface area contributed by atoms with E-state index >= 15 is 0 Å². The topological polar surface area (TPSA) is 93.0 Å². The average molecular weight is 441 g/mol. The minimum atomic E-state index is -0.625. The van der Waals surface area contributed by atoms with Gasteiger partial charge in [0.25, 0.3) is 0 Å². The zero-order chi connectivity index (χ0) is 22.0. The van der Waals surface area contributed by atoms with Gasteiger partial charge in [-0.05, 0) is 38.8 Å². The van der Waals surface area contributed by atoms with E-state index in [-0.39, 0.29) is 17.1 Å². The number of nitrogens with one attached hydrogen (secondary N) is 1.